The summed E-state index contributed by atoms with van der Waals surface area (Å²) in [6, 6.07) is 13.1. The van der Waals surface area contributed by atoms with Crippen molar-refractivity contribution >= 4 is 0 Å². The number of unbranched alkanes of at least 4 members (excludes halogenated alkanes) is 1. The number of hydrogen-bond acceptors (Lipinski definition) is 3. The van der Waals surface area contributed by atoms with Gasteiger partial charge >= 0.3 is 0 Å². The first kappa shape index (κ1) is 14.7. The van der Waals surface area contributed by atoms with Gasteiger partial charge in [-0.1, -0.05) is 37.6 Å². The maximum absolute atomic E-state index is 4.08. The van der Waals surface area contributed by atoms with Crippen molar-refractivity contribution in [2.24, 2.45) is 0 Å². The molecule has 0 fully saturated rings. The van der Waals surface area contributed by atoms with E-state index in [2.05, 4.69) is 53.6 Å². The molecule has 1 N–H and O–H groups in total. The predicted octanol–water partition coefficient (Wildman–Crippen LogP) is 3.67. The maximum atomic E-state index is 4.08. The molecule has 1 aromatic carbocycles. The molecule has 3 nitrogen and oxygen atoms in total. The molecule has 0 bridgehead atoms. The van der Waals surface area contributed by atoms with E-state index < -0.39 is 0 Å². The number of hydrogen-bond donors (Lipinski definition) is 1. The third-order valence-electron chi connectivity index (χ3n) is 3.52. The fourth-order valence-electron chi connectivity index (χ4n) is 2.16. The number of aryl methyl sites for hydroxylation is 1. The first-order valence-electron chi connectivity index (χ1n) is 7.38. The first-order valence-corrected chi connectivity index (χ1v) is 7.38. The Morgan fingerprint density at radius 1 is 1.15 bits per heavy atom. The molecular formula is C17H23N3. The van der Waals surface area contributed by atoms with Gasteiger partial charge in [-0.25, -0.2) is 0 Å². The Morgan fingerprint density at radius 2 is 1.95 bits per heavy atom. The quantitative estimate of drug-likeness (QED) is 0.833. The summed E-state index contributed by atoms with van der Waals surface area (Å²) in [6.07, 6.45) is 5.39. The van der Waals surface area contributed by atoms with Crippen molar-refractivity contribution in [3.8, 4) is 0 Å². The highest BCUT2D eigenvalue weighted by atomic mass is 15.1. The normalized spacial score (nSPS) is 12.3. The zero-order chi connectivity index (χ0) is 14.2. The standard InChI is InChI=1S/C17H23N3/c1-3-4-6-15-8-10-16(11-9-15)14(2)18-13-17-7-5-12-19-20-17/h5,7-12,14,18H,3-4,6,13H2,1-2H3. The topological polar surface area (TPSA) is 37.8 Å². The highest BCUT2D eigenvalue weighted by molar-refractivity contribution is 5.24. The summed E-state index contributed by atoms with van der Waals surface area (Å²) in [5.74, 6) is 0. The van der Waals surface area contributed by atoms with Crippen molar-refractivity contribution in [2.75, 3.05) is 0 Å². The van der Waals surface area contributed by atoms with Gasteiger partial charge in [0.05, 0.1) is 5.69 Å². The molecule has 0 saturated carbocycles. The van der Waals surface area contributed by atoms with E-state index in [0.717, 1.165) is 12.2 Å². The highest BCUT2D eigenvalue weighted by Crippen LogP contribution is 2.15. The Hall–Kier alpha value is -1.74. The fraction of sp³-hybridized carbons (Fsp3) is 0.412. The zero-order valence-corrected chi connectivity index (χ0v) is 12.3. The summed E-state index contributed by atoms with van der Waals surface area (Å²) >= 11 is 0. The van der Waals surface area contributed by atoms with Crippen molar-refractivity contribution in [2.45, 2.75) is 45.7 Å². The van der Waals surface area contributed by atoms with Crippen LogP contribution in [-0.2, 0) is 13.0 Å². The highest BCUT2D eigenvalue weighted by Gasteiger charge is 2.05. The molecule has 106 valence electrons. The first-order chi connectivity index (χ1) is 9.79. The Morgan fingerprint density at radius 3 is 2.60 bits per heavy atom. The van der Waals surface area contributed by atoms with Gasteiger partial charge in [0.1, 0.15) is 0 Å². The van der Waals surface area contributed by atoms with Crippen molar-refractivity contribution in [1.29, 1.82) is 0 Å². The molecule has 0 amide bonds. The van der Waals surface area contributed by atoms with Gasteiger partial charge in [-0.2, -0.15) is 10.2 Å². The van der Waals surface area contributed by atoms with E-state index in [1.807, 2.05) is 12.1 Å². The number of benzene rings is 1. The Bertz CT molecular complexity index is 493. The average Bonchev–Trinajstić information content (AvgIpc) is 2.52. The predicted molar refractivity (Wildman–Crippen MR) is 82.3 cm³/mol. The van der Waals surface area contributed by atoms with Crippen LogP contribution in [0.5, 0.6) is 0 Å². The van der Waals surface area contributed by atoms with Crippen molar-refractivity contribution in [3.63, 3.8) is 0 Å². The summed E-state index contributed by atoms with van der Waals surface area (Å²) in [6.45, 7) is 5.15. The van der Waals surface area contributed by atoms with Crippen molar-refractivity contribution < 1.29 is 0 Å². The molecule has 3 heteroatoms. The van der Waals surface area contributed by atoms with E-state index in [0.29, 0.717) is 6.04 Å². The van der Waals surface area contributed by atoms with E-state index in [4.69, 9.17) is 0 Å². The second-order valence-electron chi connectivity index (χ2n) is 5.16. The largest absolute Gasteiger partial charge is 0.304 e. The van der Waals surface area contributed by atoms with Crippen LogP contribution in [0.15, 0.2) is 42.6 Å². The lowest BCUT2D eigenvalue weighted by atomic mass is 10.0. The van der Waals surface area contributed by atoms with E-state index in [1.165, 1.54) is 30.4 Å². The lowest BCUT2D eigenvalue weighted by molar-refractivity contribution is 0.564. The van der Waals surface area contributed by atoms with E-state index in [9.17, 15) is 0 Å². The lowest BCUT2D eigenvalue weighted by Crippen LogP contribution is -2.18. The van der Waals surface area contributed by atoms with Gasteiger partial charge in [0.15, 0.2) is 0 Å². The molecule has 1 aromatic heterocycles. The molecule has 0 aliphatic rings. The van der Waals surface area contributed by atoms with Gasteiger partial charge in [-0.3, -0.25) is 0 Å². The van der Waals surface area contributed by atoms with E-state index >= 15 is 0 Å². The maximum Gasteiger partial charge on any atom is 0.0769 e. The minimum Gasteiger partial charge on any atom is -0.304 e. The van der Waals surface area contributed by atoms with Crippen LogP contribution >= 0.6 is 0 Å². The molecule has 0 radical (unpaired) electrons. The van der Waals surface area contributed by atoms with Gasteiger partial charge < -0.3 is 5.32 Å². The number of aromatic nitrogens is 2. The Kier molecular flexibility index (Phi) is 5.69. The molecule has 1 heterocycles. The van der Waals surface area contributed by atoms with Crippen LogP contribution in [0.3, 0.4) is 0 Å². The Labute approximate surface area is 121 Å². The van der Waals surface area contributed by atoms with Crippen molar-refractivity contribution in [1.82, 2.24) is 15.5 Å². The minimum atomic E-state index is 0.317. The second-order valence-corrected chi connectivity index (χ2v) is 5.16. The molecule has 1 atom stereocenters. The molecule has 0 saturated heterocycles. The second kappa shape index (κ2) is 7.75. The summed E-state index contributed by atoms with van der Waals surface area (Å²) in [5.41, 5.74) is 3.71. The van der Waals surface area contributed by atoms with Gasteiger partial charge in [0.25, 0.3) is 0 Å². The molecule has 0 aliphatic heterocycles. The average molecular weight is 269 g/mol. The van der Waals surface area contributed by atoms with Crippen LogP contribution in [0.2, 0.25) is 0 Å². The summed E-state index contributed by atoms with van der Waals surface area (Å²) in [7, 11) is 0. The molecule has 1 unspecified atom stereocenters. The number of nitrogens with one attached hydrogen (secondary N) is 1. The third kappa shape index (κ3) is 4.42. The number of rotatable bonds is 7. The lowest BCUT2D eigenvalue weighted by Gasteiger charge is -2.14. The smallest absolute Gasteiger partial charge is 0.0769 e. The summed E-state index contributed by atoms with van der Waals surface area (Å²) < 4.78 is 0. The molecule has 0 spiro atoms. The number of nitrogens with zero attached hydrogens (tertiary/aromatic N) is 2. The van der Waals surface area contributed by atoms with Gasteiger partial charge in [-0.05, 0) is 43.0 Å². The van der Waals surface area contributed by atoms with E-state index in [-0.39, 0.29) is 0 Å². The van der Waals surface area contributed by atoms with Crippen LogP contribution in [-0.4, -0.2) is 10.2 Å². The van der Waals surface area contributed by atoms with Gasteiger partial charge in [0.2, 0.25) is 0 Å². The molecule has 2 rings (SSSR count). The molecule has 20 heavy (non-hydrogen) atoms. The fourth-order valence-corrected chi connectivity index (χ4v) is 2.16. The Balaban J connectivity index is 1.87. The van der Waals surface area contributed by atoms with Crippen LogP contribution in [0.1, 0.15) is 49.6 Å². The monoisotopic (exact) mass is 269 g/mol. The van der Waals surface area contributed by atoms with Crippen LogP contribution in [0, 0.1) is 0 Å². The van der Waals surface area contributed by atoms with Gasteiger partial charge in [-0.15, -0.1) is 0 Å². The van der Waals surface area contributed by atoms with E-state index in [1.54, 1.807) is 6.20 Å². The zero-order valence-electron chi connectivity index (χ0n) is 12.3. The summed E-state index contributed by atoms with van der Waals surface area (Å²) in [4.78, 5) is 0. The minimum absolute atomic E-state index is 0.317. The van der Waals surface area contributed by atoms with Crippen molar-refractivity contribution in [3.05, 3.63) is 59.4 Å². The SMILES string of the molecule is CCCCc1ccc(C(C)NCc2cccnn2)cc1. The molecular weight excluding hydrogens is 246 g/mol. The molecule has 0 aliphatic carbocycles. The van der Waals surface area contributed by atoms with Crippen LogP contribution < -0.4 is 5.32 Å². The molecule has 2 aromatic rings. The third-order valence-corrected chi connectivity index (χ3v) is 3.52. The summed E-state index contributed by atoms with van der Waals surface area (Å²) in [5, 5.41) is 11.4. The van der Waals surface area contributed by atoms with Gasteiger partial charge in [0, 0.05) is 18.8 Å². The van der Waals surface area contributed by atoms with Crippen LogP contribution in [0.25, 0.3) is 0 Å². The van der Waals surface area contributed by atoms with Crippen LogP contribution in [0.4, 0.5) is 0 Å².